The number of anilines is 1. The summed E-state index contributed by atoms with van der Waals surface area (Å²) in [6, 6.07) is 11.0. The topological polar surface area (TPSA) is 79.9 Å². The summed E-state index contributed by atoms with van der Waals surface area (Å²) in [5, 5.41) is 5.72. The molecular formula is C21H23N3O4. The summed E-state index contributed by atoms with van der Waals surface area (Å²) >= 11 is 0. The fourth-order valence-corrected chi connectivity index (χ4v) is 3.42. The first-order chi connectivity index (χ1) is 13.5. The Bertz CT molecular complexity index is 928. The van der Waals surface area contributed by atoms with Crippen LogP contribution in [0.1, 0.15) is 23.1 Å². The second-order valence-corrected chi connectivity index (χ2v) is 7.19. The molecule has 0 saturated carbocycles. The maximum atomic E-state index is 12.4. The number of urea groups is 1. The van der Waals surface area contributed by atoms with Crippen molar-refractivity contribution in [2.75, 3.05) is 18.2 Å². The molecule has 2 heterocycles. The second kappa shape index (κ2) is 7.42. The number of rotatable bonds is 4. The van der Waals surface area contributed by atoms with Gasteiger partial charge in [-0.1, -0.05) is 12.1 Å². The molecule has 2 aliphatic heterocycles. The van der Waals surface area contributed by atoms with Gasteiger partial charge in [0.1, 0.15) is 0 Å². The van der Waals surface area contributed by atoms with Crippen LogP contribution in [0, 0.1) is 13.8 Å². The number of nitrogens with one attached hydrogen (secondary N) is 2. The third-order valence-corrected chi connectivity index (χ3v) is 5.15. The van der Waals surface area contributed by atoms with E-state index in [2.05, 4.69) is 10.6 Å². The molecule has 4 rings (SSSR count). The van der Waals surface area contributed by atoms with E-state index in [1.165, 1.54) is 5.56 Å². The summed E-state index contributed by atoms with van der Waals surface area (Å²) in [5.41, 5.74) is 4.12. The van der Waals surface area contributed by atoms with E-state index >= 15 is 0 Å². The average Bonchev–Trinajstić information content (AvgIpc) is 3.28. The number of fused-ring (bicyclic) bond motifs is 1. The molecule has 146 valence electrons. The molecule has 1 fully saturated rings. The quantitative estimate of drug-likeness (QED) is 0.853. The number of hydrogen-bond acceptors (Lipinski definition) is 4. The van der Waals surface area contributed by atoms with E-state index in [0.717, 1.165) is 16.8 Å². The Kier molecular flexibility index (Phi) is 4.81. The van der Waals surface area contributed by atoms with Gasteiger partial charge in [0, 0.05) is 25.2 Å². The van der Waals surface area contributed by atoms with Gasteiger partial charge in [0.2, 0.25) is 12.7 Å². The van der Waals surface area contributed by atoms with Gasteiger partial charge in [0.25, 0.3) is 0 Å². The third kappa shape index (κ3) is 3.74. The lowest BCUT2D eigenvalue weighted by Gasteiger charge is -2.18. The van der Waals surface area contributed by atoms with Crippen molar-refractivity contribution < 1.29 is 19.1 Å². The van der Waals surface area contributed by atoms with Gasteiger partial charge in [-0.15, -0.1) is 0 Å². The lowest BCUT2D eigenvalue weighted by atomic mass is 10.1. The number of carbonyl (C=O) groups excluding carboxylic acids is 2. The molecule has 2 aliphatic rings. The molecule has 2 aromatic carbocycles. The molecule has 0 unspecified atom stereocenters. The van der Waals surface area contributed by atoms with Crippen LogP contribution in [0.4, 0.5) is 10.5 Å². The molecule has 1 saturated heterocycles. The molecule has 28 heavy (non-hydrogen) atoms. The minimum atomic E-state index is -0.294. The van der Waals surface area contributed by atoms with Gasteiger partial charge in [-0.25, -0.2) is 4.79 Å². The normalized spacial score (nSPS) is 17.7. The molecule has 0 bridgehead atoms. The van der Waals surface area contributed by atoms with Crippen molar-refractivity contribution in [3.05, 3.63) is 53.1 Å². The van der Waals surface area contributed by atoms with Crippen LogP contribution < -0.4 is 25.0 Å². The smallest absolute Gasteiger partial charge is 0.315 e. The molecule has 0 radical (unpaired) electrons. The molecule has 7 heteroatoms. The standard InChI is InChI=1S/C21H23N3O4/c1-13-3-5-17(7-14(13)2)24-11-16(9-20(24)25)23-21(26)22-10-15-4-6-18-19(8-15)28-12-27-18/h3-8,16H,9-12H2,1-2H3,(H2,22,23,26)/t16-/m0/s1. The van der Waals surface area contributed by atoms with E-state index in [1.54, 1.807) is 4.90 Å². The van der Waals surface area contributed by atoms with Gasteiger partial charge in [0.05, 0.1) is 6.04 Å². The highest BCUT2D eigenvalue weighted by Crippen LogP contribution is 2.32. The fraction of sp³-hybridized carbons (Fsp3) is 0.333. The van der Waals surface area contributed by atoms with Crippen LogP contribution >= 0.6 is 0 Å². The van der Waals surface area contributed by atoms with Crippen molar-refractivity contribution in [1.29, 1.82) is 0 Å². The van der Waals surface area contributed by atoms with Gasteiger partial charge >= 0.3 is 6.03 Å². The Balaban J connectivity index is 1.31. The van der Waals surface area contributed by atoms with Crippen molar-refractivity contribution in [3.63, 3.8) is 0 Å². The van der Waals surface area contributed by atoms with E-state index in [-0.39, 0.29) is 24.8 Å². The predicted molar refractivity (Wildman–Crippen MR) is 105 cm³/mol. The number of ether oxygens (including phenoxy) is 2. The number of hydrogen-bond donors (Lipinski definition) is 2. The molecule has 0 aliphatic carbocycles. The highest BCUT2D eigenvalue weighted by atomic mass is 16.7. The summed E-state index contributed by atoms with van der Waals surface area (Å²) in [6.45, 7) is 5.13. The minimum Gasteiger partial charge on any atom is -0.454 e. The Hall–Kier alpha value is -3.22. The van der Waals surface area contributed by atoms with Crippen molar-refractivity contribution >= 4 is 17.6 Å². The first-order valence-electron chi connectivity index (χ1n) is 9.30. The molecule has 2 aromatic rings. The maximum absolute atomic E-state index is 12.4. The number of carbonyl (C=O) groups is 2. The van der Waals surface area contributed by atoms with E-state index in [9.17, 15) is 9.59 Å². The van der Waals surface area contributed by atoms with Gasteiger partial charge < -0.3 is 25.0 Å². The summed E-state index contributed by atoms with van der Waals surface area (Å²) in [6.07, 6.45) is 0.296. The fourth-order valence-electron chi connectivity index (χ4n) is 3.42. The van der Waals surface area contributed by atoms with E-state index in [1.807, 2.05) is 50.2 Å². The van der Waals surface area contributed by atoms with Gasteiger partial charge in [-0.3, -0.25) is 4.79 Å². The van der Waals surface area contributed by atoms with Crippen molar-refractivity contribution in [2.24, 2.45) is 0 Å². The number of aryl methyl sites for hydroxylation is 2. The summed E-state index contributed by atoms with van der Waals surface area (Å²) in [5.74, 6) is 1.42. The second-order valence-electron chi connectivity index (χ2n) is 7.19. The zero-order chi connectivity index (χ0) is 19.7. The molecule has 0 aromatic heterocycles. The third-order valence-electron chi connectivity index (χ3n) is 5.15. The largest absolute Gasteiger partial charge is 0.454 e. The molecule has 0 spiro atoms. The Morgan fingerprint density at radius 1 is 1.11 bits per heavy atom. The van der Waals surface area contributed by atoms with E-state index < -0.39 is 0 Å². The minimum absolute atomic E-state index is 0.0179. The lowest BCUT2D eigenvalue weighted by Crippen LogP contribution is -2.43. The predicted octanol–water partition coefficient (Wildman–Crippen LogP) is 2.64. The van der Waals surface area contributed by atoms with E-state index in [4.69, 9.17) is 9.47 Å². The summed E-state index contributed by atoms with van der Waals surface area (Å²) in [7, 11) is 0. The first-order valence-corrected chi connectivity index (χ1v) is 9.30. The zero-order valence-electron chi connectivity index (χ0n) is 16.0. The maximum Gasteiger partial charge on any atom is 0.315 e. The molecule has 7 nitrogen and oxygen atoms in total. The van der Waals surface area contributed by atoms with Crippen molar-refractivity contribution in [3.8, 4) is 11.5 Å². The van der Waals surface area contributed by atoms with Crippen LogP contribution in [0.25, 0.3) is 0 Å². The number of amides is 3. The highest BCUT2D eigenvalue weighted by Gasteiger charge is 2.31. The highest BCUT2D eigenvalue weighted by molar-refractivity contribution is 5.96. The van der Waals surface area contributed by atoms with E-state index in [0.29, 0.717) is 31.0 Å². The molecular weight excluding hydrogens is 358 g/mol. The van der Waals surface area contributed by atoms with Crippen LogP contribution in [-0.4, -0.2) is 31.3 Å². The van der Waals surface area contributed by atoms with Gasteiger partial charge in [-0.2, -0.15) is 0 Å². The van der Waals surface area contributed by atoms with Crippen molar-refractivity contribution in [2.45, 2.75) is 32.9 Å². The average molecular weight is 381 g/mol. The monoisotopic (exact) mass is 381 g/mol. The number of nitrogens with zero attached hydrogens (tertiary/aromatic N) is 1. The Morgan fingerprint density at radius 2 is 1.93 bits per heavy atom. The lowest BCUT2D eigenvalue weighted by molar-refractivity contribution is -0.117. The van der Waals surface area contributed by atoms with Crippen LogP contribution in [0.3, 0.4) is 0 Å². The first kappa shape index (κ1) is 18.2. The van der Waals surface area contributed by atoms with Gasteiger partial charge in [-0.05, 0) is 54.8 Å². The van der Waals surface area contributed by atoms with Gasteiger partial charge in [0.15, 0.2) is 11.5 Å². The Labute approximate surface area is 163 Å². The Morgan fingerprint density at radius 3 is 2.75 bits per heavy atom. The molecule has 3 amide bonds. The molecule has 2 N–H and O–H groups in total. The SMILES string of the molecule is Cc1ccc(N2C[C@@H](NC(=O)NCc3ccc4c(c3)OCO4)CC2=O)cc1C. The van der Waals surface area contributed by atoms with Crippen molar-refractivity contribution in [1.82, 2.24) is 10.6 Å². The summed E-state index contributed by atoms with van der Waals surface area (Å²) in [4.78, 5) is 26.4. The number of benzene rings is 2. The zero-order valence-corrected chi connectivity index (χ0v) is 16.0. The van der Waals surface area contributed by atoms with Crippen LogP contribution in [0.5, 0.6) is 11.5 Å². The summed E-state index contributed by atoms with van der Waals surface area (Å²) < 4.78 is 10.6. The van der Waals surface area contributed by atoms with Crippen LogP contribution in [0.15, 0.2) is 36.4 Å². The van der Waals surface area contributed by atoms with Crippen LogP contribution in [0.2, 0.25) is 0 Å². The van der Waals surface area contributed by atoms with Crippen LogP contribution in [-0.2, 0) is 11.3 Å². The molecule has 1 atom stereocenters.